The van der Waals surface area contributed by atoms with Crippen molar-refractivity contribution in [3.63, 3.8) is 0 Å². The van der Waals surface area contributed by atoms with E-state index in [1.807, 2.05) is 0 Å². The van der Waals surface area contributed by atoms with Crippen molar-refractivity contribution in [3.8, 4) is 5.75 Å². The molecule has 0 saturated heterocycles. The molecular formula is C12H14F2N2O5. The van der Waals surface area contributed by atoms with Gasteiger partial charge in [-0.1, -0.05) is 13.3 Å². The second-order valence-electron chi connectivity index (χ2n) is 4.14. The molecule has 0 radical (unpaired) electrons. The average Bonchev–Trinajstić information content (AvgIpc) is 2.37. The summed E-state index contributed by atoms with van der Waals surface area (Å²) in [7, 11) is 0. The number of ether oxygens (including phenoxy) is 1. The number of hydrogen-bond acceptors (Lipinski definition) is 5. The SMILES string of the molecule is CCCC(Nc1ccc([N+](=O)[O-])c(OC(F)F)c1)C(=O)O. The van der Waals surface area contributed by atoms with E-state index in [1.165, 1.54) is 6.07 Å². The van der Waals surface area contributed by atoms with E-state index in [0.717, 1.165) is 12.1 Å². The second kappa shape index (κ2) is 7.36. The Labute approximate surface area is 118 Å². The summed E-state index contributed by atoms with van der Waals surface area (Å²) >= 11 is 0. The van der Waals surface area contributed by atoms with E-state index in [0.29, 0.717) is 12.8 Å². The molecule has 7 nitrogen and oxygen atoms in total. The molecule has 0 aliphatic carbocycles. The van der Waals surface area contributed by atoms with Crippen molar-refractivity contribution in [2.24, 2.45) is 0 Å². The van der Waals surface area contributed by atoms with Gasteiger partial charge in [-0.2, -0.15) is 8.78 Å². The molecule has 0 aliphatic heterocycles. The Hall–Kier alpha value is -2.45. The zero-order valence-electron chi connectivity index (χ0n) is 11.1. The summed E-state index contributed by atoms with van der Waals surface area (Å²) in [5, 5.41) is 22.3. The predicted molar refractivity (Wildman–Crippen MR) is 69.7 cm³/mol. The molecule has 0 amide bonds. The van der Waals surface area contributed by atoms with Gasteiger partial charge in [-0.15, -0.1) is 0 Å². The molecular weight excluding hydrogens is 290 g/mol. The van der Waals surface area contributed by atoms with E-state index in [2.05, 4.69) is 10.1 Å². The van der Waals surface area contributed by atoms with Crippen LogP contribution in [0.2, 0.25) is 0 Å². The highest BCUT2D eigenvalue weighted by Gasteiger charge is 2.21. The van der Waals surface area contributed by atoms with Gasteiger partial charge < -0.3 is 15.2 Å². The minimum Gasteiger partial charge on any atom is -0.480 e. The van der Waals surface area contributed by atoms with Gasteiger partial charge in [0.25, 0.3) is 0 Å². The van der Waals surface area contributed by atoms with Crippen LogP contribution in [0.3, 0.4) is 0 Å². The fourth-order valence-corrected chi connectivity index (χ4v) is 1.69. The maximum absolute atomic E-state index is 12.2. The molecule has 21 heavy (non-hydrogen) atoms. The van der Waals surface area contributed by atoms with E-state index in [-0.39, 0.29) is 5.69 Å². The highest BCUT2D eigenvalue weighted by Crippen LogP contribution is 2.31. The van der Waals surface area contributed by atoms with Gasteiger partial charge in [0, 0.05) is 17.8 Å². The molecule has 2 N–H and O–H groups in total. The summed E-state index contributed by atoms with van der Waals surface area (Å²) in [6.07, 6.45) is 0.911. The van der Waals surface area contributed by atoms with Crippen LogP contribution in [0.15, 0.2) is 18.2 Å². The Morgan fingerprint density at radius 1 is 1.52 bits per heavy atom. The summed E-state index contributed by atoms with van der Waals surface area (Å²) in [6.45, 7) is -1.43. The van der Waals surface area contributed by atoms with Crippen LogP contribution in [0.25, 0.3) is 0 Å². The van der Waals surface area contributed by atoms with Gasteiger partial charge >= 0.3 is 18.3 Å². The first-order valence-corrected chi connectivity index (χ1v) is 6.07. The third kappa shape index (κ3) is 4.86. The third-order valence-corrected chi connectivity index (χ3v) is 2.59. The highest BCUT2D eigenvalue weighted by atomic mass is 19.3. The molecule has 0 spiro atoms. The number of nitrogens with zero attached hydrogens (tertiary/aromatic N) is 1. The molecule has 0 heterocycles. The van der Waals surface area contributed by atoms with Crippen molar-refractivity contribution in [3.05, 3.63) is 28.3 Å². The molecule has 116 valence electrons. The van der Waals surface area contributed by atoms with Crippen molar-refractivity contribution in [1.29, 1.82) is 0 Å². The van der Waals surface area contributed by atoms with Crippen molar-refractivity contribution >= 4 is 17.3 Å². The second-order valence-corrected chi connectivity index (χ2v) is 4.14. The smallest absolute Gasteiger partial charge is 0.387 e. The van der Waals surface area contributed by atoms with Crippen LogP contribution in [-0.4, -0.2) is 28.7 Å². The Morgan fingerprint density at radius 2 is 2.19 bits per heavy atom. The molecule has 0 saturated carbocycles. The van der Waals surface area contributed by atoms with Gasteiger partial charge in [-0.25, -0.2) is 4.79 Å². The number of halogens is 2. The Bertz CT molecular complexity index is 524. The molecule has 9 heteroatoms. The lowest BCUT2D eigenvalue weighted by atomic mass is 10.1. The maximum atomic E-state index is 12.2. The van der Waals surface area contributed by atoms with Gasteiger partial charge in [-0.3, -0.25) is 10.1 Å². The predicted octanol–water partition coefficient (Wildman–Crippen LogP) is 2.86. The van der Waals surface area contributed by atoms with E-state index in [1.54, 1.807) is 6.92 Å². The van der Waals surface area contributed by atoms with E-state index >= 15 is 0 Å². The minimum atomic E-state index is -3.22. The van der Waals surface area contributed by atoms with Gasteiger partial charge in [0.1, 0.15) is 6.04 Å². The number of nitrogens with one attached hydrogen (secondary N) is 1. The van der Waals surface area contributed by atoms with Crippen LogP contribution < -0.4 is 10.1 Å². The fourth-order valence-electron chi connectivity index (χ4n) is 1.69. The van der Waals surface area contributed by atoms with Crippen LogP contribution in [0.5, 0.6) is 5.75 Å². The number of hydrogen-bond donors (Lipinski definition) is 2. The quantitative estimate of drug-likeness (QED) is 0.565. The van der Waals surface area contributed by atoms with E-state index in [4.69, 9.17) is 5.11 Å². The number of nitro groups is 1. The molecule has 0 aliphatic rings. The Balaban J connectivity index is 3.03. The van der Waals surface area contributed by atoms with Crippen LogP contribution in [0.1, 0.15) is 19.8 Å². The number of aliphatic carboxylic acids is 1. The number of carboxylic acid groups (broad SMARTS) is 1. The lowest BCUT2D eigenvalue weighted by Crippen LogP contribution is -2.28. The van der Waals surface area contributed by atoms with Crippen molar-refractivity contribution < 1.29 is 28.3 Å². The summed E-state index contributed by atoms with van der Waals surface area (Å²) in [6, 6.07) is 2.28. The van der Waals surface area contributed by atoms with Gasteiger partial charge in [0.05, 0.1) is 4.92 Å². The molecule has 1 unspecified atom stereocenters. The Kier molecular flexibility index (Phi) is 5.82. The molecule has 1 aromatic rings. The van der Waals surface area contributed by atoms with Gasteiger partial charge in [0.2, 0.25) is 5.75 Å². The normalized spacial score (nSPS) is 12.0. The fraction of sp³-hybridized carbons (Fsp3) is 0.417. The first-order chi connectivity index (χ1) is 9.85. The summed E-state index contributed by atoms with van der Waals surface area (Å²) in [5.41, 5.74) is -0.472. The molecule has 1 rings (SSSR count). The van der Waals surface area contributed by atoms with Crippen LogP contribution in [0.4, 0.5) is 20.2 Å². The van der Waals surface area contributed by atoms with Crippen LogP contribution in [0, 0.1) is 10.1 Å². The summed E-state index contributed by atoms with van der Waals surface area (Å²) in [4.78, 5) is 20.9. The molecule has 1 aromatic carbocycles. The lowest BCUT2D eigenvalue weighted by Gasteiger charge is -2.15. The number of carboxylic acids is 1. The Morgan fingerprint density at radius 3 is 2.67 bits per heavy atom. The van der Waals surface area contributed by atoms with Crippen LogP contribution in [-0.2, 0) is 4.79 Å². The first-order valence-electron chi connectivity index (χ1n) is 6.07. The topological polar surface area (TPSA) is 102 Å². The van der Waals surface area contributed by atoms with Crippen LogP contribution >= 0.6 is 0 Å². The largest absolute Gasteiger partial charge is 0.480 e. The lowest BCUT2D eigenvalue weighted by molar-refractivity contribution is -0.386. The number of nitro benzene ring substituents is 1. The standard InChI is InChI=1S/C12H14F2N2O5/c1-2-3-8(11(17)18)15-7-4-5-9(16(19)20)10(6-7)21-12(13)14/h4-6,8,12,15H,2-3H2,1H3,(H,17,18). The first kappa shape index (κ1) is 16.6. The van der Waals surface area contributed by atoms with E-state index in [9.17, 15) is 23.7 Å². The number of carbonyl (C=O) groups is 1. The van der Waals surface area contributed by atoms with Gasteiger partial charge in [0.15, 0.2) is 0 Å². The molecule has 1 atom stereocenters. The minimum absolute atomic E-state index is 0.150. The van der Waals surface area contributed by atoms with Crippen molar-refractivity contribution in [2.45, 2.75) is 32.4 Å². The highest BCUT2D eigenvalue weighted by molar-refractivity contribution is 5.77. The number of benzene rings is 1. The van der Waals surface area contributed by atoms with Crippen molar-refractivity contribution in [2.75, 3.05) is 5.32 Å². The zero-order valence-corrected chi connectivity index (χ0v) is 11.1. The summed E-state index contributed by atoms with van der Waals surface area (Å²) in [5.74, 6) is -1.73. The average molecular weight is 304 g/mol. The maximum Gasteiger partial charge on any atom is 0.387 e. The number of alkyl halides is 2. The number of anilines is 1. The molecule has 0 fully saturated rings. The van der Waals surface area contributed by atoms with E-state index < -0.39 is 35.0 Å². The summed E-state index contributed by atoms with van der Waals surface area (Å²) < 4.78 is 28.6. The number of rotatable bonds is 8. The molecule has 0 aromatic heterocycles. The third-order valence-electron chi connectivity index (χ3n) is 2.59. The van der Waals surface area contributed by atoms with Crippen molar-refractivity contribution in [1.82, 2.24) is 0 Å². The molecule has 0 bridgehead atoms. The zero-order chi connectivity index (χ0) is 16.0. The van der Waals surface area contributed by atoms with Gasteiger partial charge in [-0.05, 0) is 12.5 Å². The monoisotopic (exact) mass is 304 g/mol.